The lowest BCUT2D eigenvalue weighted by Crippen LogP contribution is -2.53. The fourth-order valence-electron chi connectivity index (χ4n) is 4.00. The van der Waals surface area contributed by atoms with Crippen molar-refractivity contribution in [3.05, 3.63) is 58.1 Å². The topological polar surface area (TPSA) is 96.0 Å². The summed E-state index contributed by atoms with van der Waals surface area (Å²) >= 11 is 12.6. The van der Waals surface area contributed by atoms with Crippen LogP contribution in [0, 0.1) is 0 Å². The number of rotatable bonds is 12. The molecule has 2 aromatic rings. The number of benzene rings is 2. The second-order valence-corrected chi connectivity index (χ2v) is 12.8. The molecule has 0 radical (unpaired) electrons. The van der Waals surface area contributed by atoms with Gasteiger partial charge in [0.2, 0.25) is 21.8 Å². The van der Waals surface area contributed by atoms with Crippen LogP contribution in [0.15, 0.2) is 42.5 Å². The lowest BCUT2D eigenvalue weighted by atomic mass is 10.0. The van der Waals surface area contributed by atoms with Gasteiger partial charge >= 0.3 is 0 Å². The maximum Gasteiger partial charge on any atom is 0.243 e. The number of nitrogens with one attached hydrogen (secondary N) is 1. The van der Waals surface area contributed by atoms with E-state index < -0.39 is 21.6 Å². The van der Waals surface area contributed by atoms with Gasteiger partial charge in [-0.3, -0.25) is 13.9 Å². The number of carbonyl (C=O) groups is 2. The zero-order chi connectivity index (χ0) is 28.7. The van der Waals surface area contributed by atoms with Gasteiger partial charge in [-0.1, -0.05) is 48.3 Å². The van der Waals surface area contributed by atoms with Crippen LogP contribution in [0.2, 0.25) is 10.0 Å². The van der Waals surface area contributed by atoms with Gasteiger partial charge < -0.3 is 15.0 Å². The highest BCUT2D eigenvalue weighted by molar-refractivity contribution is 7.92. The number of hydrogen-bond donors (Lipinski definition) is 1. The van der Waals surface area contributed by atoms with Crippen molar-refractivity contribution >= 4 is 50.7 Å². The maximum absolute atomic E-state index is 13.5. The van der Waals surface area contributed by atoms with Gasteiger partial charge in [-0.15, -0.1) is 0 Å². The zero-order valence-corrected chi connectivity index (χ0v) is 25.1. The summed E-state index contributed by atoms with van der Waals surface area (Å²) in [5.41, 5.74) is 0.615. The average molecular weight is 587 g/mol. The van der Waals surface area contributed by atoms with Gasteiger partial charge in [0.25, 0.3) is 0 Å². The standard InChI is InChI=1S/C27H37Cl2N3O5S/c1-7-23(26(34)30-27(2,3)4)31(18-19-11-8-9-12-21(19)28)25(33)13-10-16-32(38(6,35)36)20-14-15-24(37-5)22(29)17-20/h8-9,11-12,14-15,17,23H,7,10,13,16,18H2,1-6H3,(H,30,34)/t23-/m1/s1. The predicted octanol–water partition coefficient (Wildman–Crippen LogP) is 5.27. The van der Waals surface area contributed by atoms with Gasteiger partial charge in [-0.05, 0) is 63.4 Å². The van der Waals surface area contributed by atoms with Gasteiger partial charge in [0.05, 0.1) is 24.1 Å². The van der Waals surface area contributed by atoms with E-state index in [2.05, 4.69) is 5.32 Å². The first-order valence-corrected chi connectivity index (χ1v) is 14.9. The molecule has 2 aromatic carbocycles. The van der Waals surface area contributed by atoms with Crippen LogP contribution in [0.5, 0.6) is 5.75 Å². The summed E-state index contributed by atoms with van der Waals surface area (Å²) in [7, 11) is -2.18. The molecule has 210 valence electrons. The predicted molar refractivity (Wildman–Crippen MR) is 153 cm³/mol. The number of hydrogen-bond acceptors (Lipinski definition) is 5. The Morgan fingerprint density at radius 3 is 2.26 bits per heavy atom. The van der Waals surface area contributed by atoms with E-state index in [4.69, 9.17) is 27.9 Å². The first-order valence-electron chi connectivity index (χ1n) is 12.3. The van der Waals surface area contributed by atoms with Crippen molar-refractivity contribution in [2.24, 2.45) is 0 Å². The minimum atomic E-state index is -3.65. The molecule has 0 aliphatic heterocycles. The van der Waals surface area contributed by atoms with Crippen molar-refractivity contribution in [1.29, 1.82) is 0 Å². The molecular weight excluding hydrogens is 549 g/mol. The third kappa shape index (κ3) is 9.06. The van der Waals surface area contributed by atoms with Crippen molar-refractivity contribution < 1.29 is 22.7 Å². The summed E-state index contributed by atoms with van der Waals surface area (Å²) in [5, 5.41) is 3.73. The van der Waals surface area contributed by atoms with Crippen LogP contribution in [0.3, 0.4) is 0 Å². The van der Waals surface area contributed by atoms with E-state index in [-0.39, 0.29) is 42.8 Å². The second-order valence-electron chi connectivity index (χ2n) is 10.0. The third-order valence-corrected chi connectivity index (χ3v) is 7.62. The smallest absolute Gasteiger partial charge is 0.243 e. The summed E-state index contributed by atoms with van der Waals surface area (Å²) in [4.78, 5) is 28.2. The van der Waals surface area contributed by atoms with Crippen LogP contribution in [0.25, 0.3) is 0 Å². The summed E-state index contributed by atoms with van der Waals surface area (Å²) < 4.78 is 31.5. The highest BCUT2D eigenvalue weighted by Crippen LogP contribution is 2.30. The molecule has 0 bridgehead atoms. The van der Waals surface area contributed by atoms with E-state index in [0.29, 0.717) is 22.9 Å². The van der Waals surface area contributed by atoms with Crippen molar-refractivity contribution in [1.82, 2.24) is 10.2 Å². The molecule has 8 nitrogen and oxygen atoms in total. The number of nitrogens with zero attached hydrogens (tertiary/aromatic N) is 2. The number of methoxy groups -OCH3 is 1. The van der Waals surface area contributed by atoms with Crippen LogP contribution >= 0.6 is 23.2 Å². The molecule has 0 unspecified atom stereocenters. The molecule has 0 fully saturated rings. The quantitative estimate of drug-likeness (QED) is 0.366. The number of anilines is 1. The molecule has 2 amide bonds. The number of sulfonamides is 1. The molecule has 1 atom stereocenters. The van der Waals surface area contributed by atoms with Gasteiger partial charge in [0.15, 0.2) is 0 Å². The highest BCUT2D eigenvalue weighted by Gasteiger charge is 2.31. The van der Waals surface area contributed by atoms with Gasteiger partial charge in [-0.2, -0.15) is 0 Å². The lowest BCUT2D eigenvalue weighted by molar-refractivity contribution is -0.142. The molecule has 0 saturated heterocycles. The summed E-state index contributed by atoms with van der Waals surface area (Å²) in [6.07, 6.45) is 1.75. The molecular formula is C27H37Cl2N3O5S. The summed E-state index contributed by atoms with van der Waals surface area (Å²) in [5.74, 6) is -0.110. The molecule has 0 aromatic heterocycles. The van der Waals surface area contributed by atoms with Crippen LogP contribution in [0.4, 0.5) is 5.69 Å². The number of amides is 2. The monoisotopic (exact) mass is 585 g/mol. The minimum Gasteiger partial charge on any atom is -0.495 e. The Labute approximate surface area is 236 Å². The van der Waals surface area contributed by atoms with E-state index >= 15 is 0 Å². The SMILES string of the molecule is CC[C@H](C(=O)NC(C)(C)C)N(Cc1ccccc1Cl)C(=O)CCCN(c1ccc(OC)c(Cl)c1)S(C)(=O)=O. The Kier molecular flexibility index (Phi) is 11.3. The Balaban J connectivity index is 2.27. The minimum absolute atomic E-state index is 0.0274. The fraction of sp³-hybridized carbons (Fsp3) is 0.481. The van der Waals surface area contributed by atoms with Crippen molar-refractivity contribution in [3.8, 4) is 5.75 Å². The fourth-order valence-corrected chi connectivity index (χ4v) is 5.40. The van der Waals surface area contributed by atoms with E-state index in [9.17, 15) is 18.0 Å². The van der Waals surface area contributed by atoms with Gasteiger partial charge in [0, 0.05) is 30.1 Å². The largest absolute Gasteiger partial charge is 0.495 e. The Hall–Kier alpha value is -2.49. The van der Waals surface area contributed by atoms with Gasteiger partial charge in [0.1, 0.15) is 11.8 Å². The molecule has 38 heavy (non-hydrogen) atoms. The number of halogens is 2. The van der Waals surface area contributed by atoms with Crippen molar-refractivity contribution in [2.75, 3.05) is 24.2 Å². The zero-order valence-electron chi connectivity index (χ0n) is 22.8. The molecule has 2 rings (SSSR count). The van der Waals surface area contributed by atoms with Crippen LogP contribution in [0.1, 0.15) is 52.5 Å². The number of carbonyl (C=O) groups excluding carboxylic acids is 2. The van der Waals surface area contributed by atoms with Crippen LogP contribution in [-0.2, 0) is 26.2 Å². The lowest BCUT2D eigenvalue weighted by Gasteiger charge is -2.33. The van der Waals surface area contributed by atoms with E-state index in [1.54, 1.807) is 24.3 Å². The first kappa shape index (κ1) is 31.7. The van der Waals surface area contributed by atoms with E-state index in [1.807, 2.05) is 39.8 Å². The first-order chi connectivity index (χ1) is 17.7. The normalized spacial score (nSPS) is 12.5. The molecule has 0 aliphatic rings. The van der Waals surface area contributed by atoms with Crippen molar-refractivity contribution in [2.45, 2.75) is 65.1 Å². The Bertz CT molecular complexity index is 1230. The van der Waals surface area contributed by atoms with E-state index in [1.165, 1.54) is 22.4 Å². The molecule has 0 aliphatic carbocycles. The summed E-state index contributed by atoms with van der Waals surface area (Å²) in [6, 6.07) is 11.2. The van der Waals surface area contributed by atoms with Crippen LogP contribution in [-0.4, -0.2) is 56.6 Å². The maximum atomic E-state index is 13.5. The Morgan fingerprint density at radius 2 is 1.74 bits per heavy atom. The highest BCUT2D eigenvalue weighted by atomic mass is 35.5. The molecule has 11 heteroatoms. The van der Waals surface area contributed by atoms with Crippen LogP contribution < -0.4 is 14.4 Å². The molecule has 1 N–H and O–H groups in total. The summed E-state index contributed by atoms with van der Waals surface area (Å²) in [6.45, 7) is 7.68. The molecule has 0 heterocycles. The van der Waals surface area contributed by atoms with Crippen molar-refractivity contribution in [3.63, 3.8) is 0 Å². The Morgan fingerprint density at radius 1 is 1.08 bits per heavy atom. The van der Waals surface area contributed by atoms with E-state index in [0.717, 1.165) is 11.8 Å². The van der Waals surface area contributed by atoms with Gasteiger partial charge in [-0.25, -0.2) is 8.42 Å². The number of ether oxygens (including phenoxy) is 1. The third-order valence-electron chi connectivity index (χ3n) is 5.76. The average Bonchev–Trinajstić information content (AvgIpc) is 2.80. The second kappa shape index (κ2) is 13.5. The molecule has 0 spiro atoms. The molecule has 0 saturated carbocycles.